The van der Waals surface area contributed by atoms with Crippen LogP contribution in [0.25, 0.3) is 16.6 Å². The van der Waals surface area contributed by atoms with Gasteiger partial charge in [0.15, 0.2) is 5.82 Å². The molecule has 1 unspecified atom stereocenters. The molecule has 1 aliphatic rings. The van der Waals surface area contributed by atoms with Crippen LogP contribution in [0.3, 0.4) is 0 Å². The van der Waals surface area contributed by atoms with E-state index in [-0.39, 0.29) is 11.7 Å². The van der Waals surface area contributed by atoms with Gasteiger partial charge in [0.05, 0.1) is 18.3 Å². The van der Waals surface area contributed by atoms with E-state index in [1.807, 2.05) is 23.8 Å². The second kappa shape index (κ2) is 10.9. The highest BCUT2D eigenvalue weighted by Crippen LogP contribution is 2.28. The highest BCUT2D eigenvalue weighted by Gasteiger charge is 2.24. The highest BCUT2D eigenvalue weighted by atomic mass is 19.1. The molecule has 1 aliphatic heterocycles. The van der Waals surface area contributed by atoms with Crippen molar-refractivity contribution in [3.63, 3.8) is 0 Å². The van der Waals surface area contributed by atoms with Gasteiger partial charge in [-0.15, -0.1) is 0 Å². The standard InChI is InChI=1S/C29H30B2FN9O/c1-18(19-4-6-22(32)7-5-19)24-25(30)36-28(37-26(24)31)39-10-8-38(9-11-39)27-23-12-20(15-41(23)35-17-33-27)21-13-34-40(14-21)16-29(2,3)42/h4-7,12-15,17-18,42H,8-11,16H2,1-3H3. The van der Waals surface area contributed by atoms with Crippen LogP contribution in [0.1, 0.15) is 37.8 Å². The molecule has 0 bridgehead atoms. The quantitative estimate of drug-likeness (QED) is 0.298. The number of piperazine rings is 1. The summed E-state index contributed by atoms with van der Waals surface area (Å²) in [4.78, 5) is 18.1. The lowest BCUT2D eigenvalue weighted by Crippen LogP contribution is -2.48. The largest absolute Gasteiger partial charge is 0.389 e. The number of aromatic nitrogens is 7. The first-order valence-corrected chi connectivity index (χ1v) is 13.8. The predicted octanol–water partition coefficient (Wildman–Crippen LogP) is 1.36. The monoisotopic (exact) mass is 561 g/mol. The minimum Gasteiger partial charge on any atom is -0.389 e. The molecule has 1 aromatic carbocycles. The summed E-state index contributed by atoms with van der Waals surface area (Å²) in [5.74, 6) is 0.844. The van der Waals surface area contributed by atoms with Crippen molar-refractivity contribution >= 4 is 44.2 Å². The summed E-state index contributed by atoms with van der Waals surface area (Å²) in [5, 5.41) is 18.9. The van der Waals surface area contributed by atoms with E-state index in [1.165, 1.54) is 12.1 Å². The number of benzene rings is 1. The molecule has 5 heterocycles. The Morgan fingerprint density at radius 2 is 1.62 bits per heavy atom. The Morgan fingerprint density at radius 3 is 2.29 bits per heavy atom. The van der Waals surface area contributed by atoms with Crippen molar-refractivity contribution in [2.75, 3.05) is 36.0 Å². The van der Waals surface area contributed by atoms with E-state index in [9.17, 15) is 9.50 Å². The summed E-state index contributed by atoms with van der Waals surface area (Å²) in [6.45, 7) is 8.54. The number of rotatable bonds is 7. The average Bonchev–Trinajstić information content (AvgIpc) is 3.59. The third-order valence-electron chi connectivity index (χ3n) is 7.56. The second-order valence-electron chi connectivity index (χ2n) is 11.3. The normalized spacial score (nSPS) is 15.0. The maximum Gasteiger partial charge on any atom is 0.224 e. The van der Waals surface area contributed by atoms with Crippen LogP contribution in [0.15, 0.2) is 55.2 Å². The summed E-state index contributed by atoms with van der Waals surface area (Å²) in [7, 11) is 12.8. The SMILES string of the molecule is [B]c1nc(N2CCN(c3ncnn4cc(-c5cnn(CC(C)(C)O)c5)cc34)CC2)nc([B])c1C(C)c1ccc(F)cc1. The van der Waals surface area contributed by atoms with Gasteiger partial charge in [0.2, 0.25) is 5.95 Å². The van der Waals surface area contributed by atoms with Crippen molar-refractivity contribution in [2.45, 2.75) is 38.8 Å². The zero-order valence-corrected chi connectivity index (χ0v) is 23.8. The van der Waals surface area contributed by atoms with Gasteiger partial charge in [-0.1, -0.05) is 19.1 Å². The van der Waals surface area contributed by atoms with Gasteiger partial charge >= 0.3 is 0 Å². The Kier molecular flexibility index (Phi) is 7.22. The predicted molar refractivity (Wildman–Crippen MR) is 162 cm³/mol. The molecule has 0 amide bonds. The van der Waals surface area contributed by atoms with E-state index in [2.05, 4.69) is 41.0 Å². The van der Waals surface area contributed by atoms with E-state index < -0.39 is 5.60 Å². The lowest BCUT2D eigenvalue weighted by Gasteiger charge is -2.36. The Balaban J connectivity index is 1.18. The van der Waals surface area contributed by atoms with Crippen LogP contribution in [0.4, 0.5) is 16.2 Å². The van der Waals surface area contributed by atoms with Gasteiger partial charge in [0.1, 0.15) is 33.4 Å². The van der Waals surface area contributed by atoms with Crippen LogP contribution < -0.4 is 21.0 Å². The van der Waals surface area contributed by atoms with Crippen LogP contribution >= 0.6 is 0 Å². The molecule has 6 rings (SSSR count). The van der Waals surface area contributed by atoms with E-state index >= 15 is 0 Å². The molecule has 0 spiro atoms. The summed E-state index contributed by atoms with van der Waals surface area (Å²) in [6, 6.07) is 8.32. The fourth-order valence-electron chi connectivity index (χ4n) is 5.43. The Hall–Kier alpha value is -4.25. The van der Waals surface area contributed by atoms with Crippen LogP contribution in [0, 0.1) is 5.82 Å². The third-order valence-corrected chi connectivity index (χ3v) is 7.56. The maximum atomic E-state index is 13.4. The Bertz CT molecular complexity index is 1700. The zero-order chi connectivity index (χ0) is 29.6. The van der Waals surface area contributed by atoms with Crippen molar-refractivity contribution < 1.29 is 9.50 Å². The van der Waals surface area contributed by atoms with Gasteiger partial charge in [0, 0.05) is 55.6 Å². The number of anilines is 2. The van der Waals surface area contributed by atoms with Crippen molar-refractivity contribution in [1.82, 2.24) is 34.3 Å². The van der Waals surface area contributed by atoms with Crippen molar-refractivity contribution in [2.24, 2.45) is 0 Å². The molecule has 0 aliphatic carbocycles. The van der Waals surface area contributed by atoms with Crippen LogP contribution in [-0.4, -0.2) is 86.9 Å². The molecule has 4 aromatic heterocycles. The van der Waals surface area contributed by atoms with E-state index in [4.69, 9.17) is 15.7 Å². The van der Waals surface area contributed by atoms with Crippen molar-refractivity contribution in [1.29, 1.82) is 0 Å². The lowest BCUT2D eigenvalue weighted by molar-refractivity contribution is 0.0577. The van der Waals surface area contributed by atoms with Crippen molar-refractivity contribution in [3.05, 3.63) is 72.2 Å². The molecule has 0 saturated carbocycles. The van der Waals surface area contributed by atoms with Gasteiger partial charge in [-0.05, 0) is 54.4 Å². The first-order chi connectivity index (χ1) is 20.1. The number of aliphatic hydroxyl groups is 1. The van der Waals surface area contributed by atoms with E-state index in [0.717, 1.165) is 28.0 Å². The Morgan fingerprint density at radius 1 is 0.952 bits per heavy atom. The van der Waals surface area contributed by atoms with Gasteiger partial charge in [0.25, 0.3) is 0 Å². The number of hydrogen-bond donors (Lipinski definition) is 1. The van der Waals surface area contributed by atoms with E-state index in [1.54, 1.807) is 43.2 Å². The van der Waals surface area contributed by atoms with Crippen LogP contribution in [-0.2, 0) is 6.54 Å². The number of nitrogens with zero attached hydrogens (tertiary/aromatic N) is 9. The van der Waals surface area contributed by atoms with Crippen LogP contribution in [0.2, 0.25) is 0 Å². The summed E-state index contributed by atoms with van der Waals surface area (Å²) in [5.41, 5.74) is 4.09. The molecular weight excluding hydrogens is 531 g/mol. The summed E-state index contributed by atoms with van der Waals surface area (Å²) < 4.78 is 17.0. The first kappa shape index (κ1) is 27.9. The van der Waals surface area contributed by atoms with Gasteiger partial charge in [-0.3, -0.25) is 4.68 Å². The number of hydrogen-bond acceptors (Lipinski definition) is 8. The highest BCUT2D eigenvalue weighted by molar-refractivity contribution is 6.38. The molecule has 42 heavy (non-hydrogen) atoms. The Labute approximate surface area is 246 Å². The summed E-state index contributed by atoms with van der Waals surface area (Å²) >= 11 is 0. The number of fused-ring (bicyclic) bond motifs is 1. The molecule has 1 atom stereocenters. The topological polar surface area (TPSA) is 100 Å². The molecule has 1 fully saturated rings. The van der Waals surface area contributed by atoms with Gasteiger partial charge in [-0.2, -0.15) is 10.2 Å². The minimum atomic E-state index is -0.859. The fraction of sp³-hybridized carbons (Fsp3) is 0.345. The molecule has 10 nitrogen and oxygen atoms in total. The summed E-state index contributed by atoms with van der Waals surface area (Å²) in [6.07, 6.45) is 7.22. The smallest absolute Gasteiger partial charge is 0.224 e. The fourth-order valence-corrected chi connectivity index (χ4v) is 5.43. The molecule has 4 radical (unpaired) electrons. The molecular formula is C29H30B2FN9O. The van der Waals surface area contributed by atoms with E-state index in [0.29, 0.717) is 55.4 Å². The third kappa shape index (κ3) is 5.61. The maximum absolute atomic E-state index is 13.4. The zero-order valence-electron chi connectivity index (χ0n) is 23.8. The minimum absolute atomic E-state index is 0.181. The lowest BCUT2D eigenvalue weighted by atomic mass is 9.80. The van der Waals surface area contributed by atoms with Gasteiger partial charge in [-0.25, -0.2) is 23.9 Å². The van der Waals surface area contributed by atoms with Crippen LogP contribution in [0.5, 0.6) is 0 Å². The average molecular weight is 561 g/mol. The second-order valence-corrected chi connectivity index (χ2v) is 11.3. The molecule has 1 N–H and O–H groups in total. The van der Waals surface area contributed by atoms with Gasteiger partial charge < -0.3 is 14.9 Å². The number of halogens is 1. The molecule has 5 aromatic rings. The molecule has 210 valence electrons. The molecule has 1 saturated heterocycles. The first-order valence-electron chi connectivity index (χ1n) is 13.8. The van der Waals surface area contributed by atoms with Crippen molar-refractivity contribution in [3.8, 4) is 11.1 Å². The molecule has 13 heteroatoms.